The highest BCUT2D eigenvalue weighted by molar-refractivity contribution is 7.03. The summed E-state index contributed by atoms with van der Waals surface area (Å²) >= 11 is 0. The van der Waals surface area contributed by atoms with Crippen LogP contribution in [0.2, 0.25) is 0 Å². The third-order valence-electron chi connectivity index (χ3n) is 4.10. The average Bonchev–Trinajstić information content (AvgIpc) is 2.66. The Hall–Kier alpha value is -1.86. The van der Waals surface area contributed by atoms with Gasteiger partial charge in [0.2, 0.25) is 0 Å². The van der Waals surface area contributed by atoms with E-state index < -0.39 is 8.32 Å². The Kier molecular flexibility index (Phi) is 7.26. The van der Waals surface area contributed by atoms with Crippen molar-refractivity contribution in [1.82, 2.24) is 0 Å². The fraction of sp³-hybridized carbons (Fsp3) is 0.333. The Labute approximate surface area is 147 Å². The lowest BCUT2D eigenvalue weighted by atomic mass is 10.2. The summed E-state index contributed by atoms with van der Waals surface area (Å²) in [5.74, 6) is 3.19. The molecule has 0 fully saturated rings. The fourth-order valence-corrected chi connectivity index (χ4v) is 6.19. The minimum absolute atomic E-state index is 0.203. The minimum Gasteiger partial charge on any atom is -0.396 e. The van der Waals surface area contributed by atoms with Gasteiger partial charge in [0.05, 0.1) is 0 Å². The monoisotopic (exact) mass is 338 g/mol. The number of methoxy groups -OCH3 is 1. The number of benzene rings is 2. The maximum absolute atomic E-state index is 6.76. The SMILES string of the molecule is CCC(CC)O[Si](C#CCOC)(c1ccccc1)c1ccccc1. The Morgan fingerprint density at radius 3 is 1.79 bits per heavy atom. The van der Waals surface area contributed by atoms with Crippen molar-refractivity contribution in [1.29, 1.82) is 0 Å². The van der Waals surface area contributed by atoms with Crippen molar-refractivity contribution in [2.45, 2.75) is 32.8 Å². The van der Waals surface area contributed by atoms with E-state index in [1.807, 2.05) is 12.1 Å². The summed E-state index contributed by atoms with van der Waals surface area (Å²) in [7, 11) is -0.960. The molecular weight excluding hydrogens is 312 g/mol. The number of rotatable bonds is 7. The summed E-state index contributed by atoms with van der Waals surface area (Å²) in [5, 5.41) is 2.37. The molecule has 0 saturated heterocycles. The zero-order valence-electron chi connectivity index (χ0n) is 14.8. The lowest BCUT2D eigenvalue weighted by molar-refractivity contribution is 0.194. The molecule has 24 heavy (non-hydrogen) atoms. The van der Waals surface area contributed by atoms with Gasteiger partial charge < -0.3 is 9.16 Å². The zero-order chi connectivity index (χ0) is 17.3. The number of ether oxygens (including phenoxy) is 1. The first-order valence-corrected chi connectivity index (χ1v) is 10.5. The van der Waals surface area contributed by atoms with Crippen LogP contribution in [0.3, 0.4) is 0 Å². The van der Waals surface area contributed by atoms with Crippen LogP contribution in [0, 0.1) is 11.5 Å². The van der Waals surface area contributed by atoms with E-state index in [-0.39, 0.29) is 6.10 Å². The quantitative estimate of drug-likeness (QED) is 0.570. The smallest absolute Gasteiger partial charge is 0.337 e. The Bertz CT molecular complexity index is 615. The van der Waals surface area contributed by atoms with Crippen molar-refractivity contribution >= 4 is 18.7 Å². The van der Waals surface area contributed by atoms with Gasteiger partial charge in [-0.1, -0.05) is 86.0 Å². The minimum atomic E-state index is -2.63. The Morgan fingerprint density at radius 2 is 1.38 bits per heavy atom. The summed E-state index contributed by atoms with van der Waals surface area (Å²) in [4.78, 5) is 0. The van der Waals surface area contributed by atoms with Gasteiger partial charge in [0.15, 0.2) is 0 Å². The van der Waals surface area contributed by atoms with Gasteiger partial charge in [-0.2, -0.15) is 0 Å². The van der Waals surface area contributed by atoms with Gasteiger partial charge in [0.1, 0.15) is 6.61 Å². The Balaban J connectivity index is 2.61. The van der Waals surface area contributed by atoms with Crippen molar-refractivity contribution in [2.24, 2.45) is 0 Å². The highest BCUT2D eigenvalue weighted by atomic mass is 28.4. The summed E-state index contributed by atoms with van der Waals surface area (Å²) in [6.07, 6.45) is 2.17. The second-order valence-electron chi connectivity index (χ2n) is 5.70. The molecule has 0 heterocycles. The van der Waals surface area contributed by atoms with Crippen LogP contribution in [0.1, 0.15) is 26.7 Å². The first-order chi connectivity index (χ1) is 11.8. The molecular formula is C21H26O2Si. The molecule has 2 nitrogen and oxygen atoms in total. The van der Waals surface area contributed by atoms with Crippen molar-refractivity contribution in [3.05, 3.63) is 60.7 Å². The number of hydrogen-bond acceptors (Lipinski definition) is 2. The Morgan fingerprint density at radius 1 is 0.875 bits per heavy atom. The maximum Gasteiger partial charge on any atom is 0.337 e. The first kappa shape index (κ1) is 18.5. The van der Waals surface area contributed by atoms with Gasteiger partial charge in [-0.3, -0.25) is 0 Å². The van der Waals surface area contributed by atoms with Crippen LogP contribution in [0.15, 0.2) is 60.7 Å². The van der Waals surface area contributed by atoms with Crippen LogP contribution >= 0.6 is 0 Å². The molecule has 0 unspecified atom stereocenters. The van der Waals surface area contributed by atoms with Crippen molar-refractivity contribution in [3.63, 3.8) is 0 Å². The van der Waals surface area contributed by atoms with Gasteiger partial charge >= 0.3 is 8.32 Å². The largest absolute Gasteiger partial charge is 0.396 e. The molecule has 2 aromatic carbocycles. The molecule has 0 aliphatic heterocycles. The molecule has 0 radical (unpaired) electrons. The van der Waals surface area contributed by atoms with E-state index >= 15 is 0 Å². The van der Waals surface area contributed by atoms with Gasteiger partial charge in [0.25, 0.3) is 0 Å². The zero-order valence-corrected chi connectivity index (χ0v) is 15.8. The maximum atomic E-state index is 6.76. The summed E-state index contributed by atoms with van der Waals surface area (Å²) in [5.41, 5.74) is 3.51. The lowest BCUT2D eigenvalue weighted by Gasteiger charge is -2.31. The van der Waals surface area contributed by atoms with E-state index in [1.165, 1.54) is 10.4 Å². The number of hydrogen-bond donors (Lipinski definition) is 0. The first-order valence-electron chi connectivity index (χ1n) is 8.54. The fourth-order valence-electron chi connectivity index (χ4n) is 2.76. The van der Waals surface area contributed by atoms with Crippen LogP contribution in [0.25, 0.3) is 0 Å². The van der Waals surface area contributed by atoms with Crippen LogP contribution < -0.4 is 10.4 Å². The normalized spacial score (nSPS) is 11.2. The molecule has 0 amide bonds. The molecule has 0 bridgehead atoms. The second kappa shape index (κ2) is 9.44. The summed E-state index contributed by atoms with van der Waals surface area (Å²) in [6, 6.07) is 20.9. The van der Waals surface area contributed by atoms with Crippen LogP contribution in [0.5, 0.6) is 0 Å². The van der Waals surface area contributed by atoms with Crippen molar-refractivity contribution in [3.8, 4) is 11.5 Å². The summed E-state index contributed by atoms with van der Waals surface area (Å²) < 4.78 is 11.9. The topological polar surface area (TPSA) is 18.5 Å². The molecule has 0 aromatic heterocycles. The third kappa shape index (κ3) is 4.36. The van der Waals surface area contributed by atoms with Crippen LogP contribution in [-0.4, -0.2) is 28.1 Å². The predicted molar refractivity (Wildman–Crippen MR) is 103 cm³/mol. The highest BCUT2D eigenvalue weighted by Gasteiger charge is 2.40. The third-order valence-corrected chi connectivity index (χ3v) is 7.60. The highest BCUT2D eigenvalue weighted by Crippen LogP contribution is 2.14. The van der Waals surface area contributed by atoms with E-state index in [9.17, 15) is 0 Å². The van der Waals surface area contributed by atoms with E-state index in [1.54, 1.807) is 7.11 Å². The lowest BCUT2D eigenvalue weighted by Crippen LogP contribution is -2.61. The molecule has 2 rings (SSSR count). The van der Waals surface area contributed by atoms with Crippen molar-refractivity contribution < 1.29 is 9.16 Å². The van der Waals surface area contributed by atoms with Crippen molar-refractivity contribution in [2.75, 3.05) is 13.7 Å². The predicted octanol–water partition coefficient (Wildman–Crippen LogP) is 3.14. The molecule has 3 heteroatoms. The average molecular weight is 339 g/mol. The van der Waals surface area contributed by atoms with E-state index in [4.69, 9.17) is 9.16 Å². The van der Waals surface area contributed by atoms with Crippen LogP contribution in [0.4, 0.5) is 0 Å². The van der Waals surface area contributed by atoms with Gasteiger partial charge in [-0.25, -0.2) is 0 Å². The molecule has 2 aromatic rings. The molecule has 0 atom stereocenters. The van der Waals surface area contributed by atoms with Gasteiger partial charge in [-0.05, 0) is 23.2 Å². The van der Waals surface area contributed by atoms with E-state index in [2.05, 4.69) is 73.8 Å². The molecule has 0 N–H and O–H groups in total. The van der Waals surface area contributed by atoms with Crippen LogP contribution in [-0.2, 0) is 9.16 Å². The second-order valence-corrected chi connectivity index (χ2v) is 8.71. The molecule has 126 valence electrons. The van der Waals surface area contributed by atoms with Gasteiger partial charge in [0, 0.05) is 13.2 Å². The summed E-state index contributed by atoms with van der Waals surface area (Å²) in [6.45, 7) is 4.76. The molecule has 0 aliphatic rings. The molecule has 0 saturated carbocycles. The van der Waals surface area contributed by atoms with Gasteiger partial charge in [-0.15, -0.1) is 0 Å². The van der Waals surface area contributed by atoms with E-state index in [0.717, 1.165) is 12.8 Å². The van der Waals surface area contributed by atoms with E-state index in [0.29, 0.717) is 6.61 Å². The standard InChI is InChI=1S/C21H26O2Si/c1-4-19(5-2)23-24(18-12-17-22-3,20-13-8-6-9-14-20)21-15-10-7-11-16-21/h6-11,13-16,19H,4-5,17H2,1-3H3. The molecule has 0 spiro atoms. The molecule has 0 aliphatic carbocycles.